The highest BCUT2D eigenvalue weighted by Crippen LogP contribution is 2.28. The first kappa shape index (κ1) is 29.6. The molecule has 3 N–H and O–H groups in total. The molecule has 0 bridgehead atoms. The molecule has 8 heteroatoms. The molecule has 1 aliphatic rings. The van der Waals surface area contributed by atoms with Crippen LogP contribution in [0.25, 0.3) is 0 Å². The first-order chi connectivity index (χ1) is 18.3. The zero-order valence-corrected chi connectivity index (χ0v) is 23.1. The summed E-state index contributed by atoms with van der Waals surface area (Å²) in [6.07, 6.45) is 2.77. The Bertz CT molecular complexity index is 1030. The van der Waals surface area contributed by atoms with Crippen LogP contribution in [-0.2, 0) is 16.0 Å². The quantitative estimate of drug-likeness (QED) is 0.507. The molecule has 0 aromatic heterocycles. The number of fused-ring (bicyclic) bond motifs is 1. The van der Waals surface area contributed by atoms with Crippen molar-refractivity contribution >= 4 is 17.5 Å². The number of hydrogen-bond acceptors (Lipinski definition) is 6. The molecule has 1 heterocycles. The Balaban J connectivity index is 1.93. The van der Waals surface area contributed by atoms with Gasteiger partial charge in [0, 0.05) is 31.3 Å². The van der Waals surface area contributed by atoms with E-state index in [1.54, 1.807) is 23.1 Å². The van der Waals surface area contributed by atoms with E-state index in [-0.39, 0.29) is 43.0 Å². The molecule has 0 saturated heterocycles. The molecule has 0 aliphatic carbocycles. The van der Waals surface area contributed by atoms with E-state index in [9.17, 15) is 14.7 Å². The smallest absolute Gasteiger partial charge is 0.258 e. The predicted molar refractivity (Wildman–Crippen MR) is 150 cm³/mol. The van der Waals surface area contributed by atoms with Crippen LogP contribution in [0.5, 0.6) is 5.75 Å². The van der Waals surface area contributed by atoms with Crippen molar-refractivity contribution in [2.24, 2.45) is 5.92 Å². The van der Waals surface area contributed by atoms with Gasteiger partial charge in [0.1, 0.15) is 5.75 Å². The zero-order chi connectivity index (χ0) is 27.5. The summed E-state index contributed by atoms with van der Waals surface area (Å²) in [7, 11) is 1.89. The number of rotatable bonds is 7. The SMILES string of the molecule is CNC[C@H]1OCCCC[C@@H](C)Oc2ccc(NC(=O)Cc3ccccc3)cc2C(=O)N([C@H](C)CO)C[C@H]1C. The van der Waals surface area contributed by atoms with Crippen LogP contribution in [0.2, 0.25) is 0 Å². The summed E-state index contributed by atoms with van der Waals surface area (Å²) in [5, 5.41) is 16.1. The second kappa shape index (κ2) is 14.9. The van der Waals surface area contributed by atoms with Crippen molar-refractivity contribution in [3.8, 4) is 5.75 Å². The molecule has 0 saturated carbocycles. The van der Waals surface area contributed by atoms with E-state index in [4.69, 9.17) is 9.47 Å². The maximum absolute atomic E-state index is 14.0. The largest absolute Gasteiger partial charge is 0.490 e. The Kier molecular flexibility index (Phi) is 11.6. The predicted octanol–water partition coefficient (Wildman–Crippen LogP) is 3.88. The van der Waals surface area contributed by atoms with Crippen molar-refractivity contribution in [2.75, 3.05) is 38.7 Å². The molecular weight excluding hydrogens is 482 g/mol. The summed E-state index contributed by atoms with van der Waals surface area (Å²) >= 11 is 0. The van der Waals surface area contributed by atoms with Crippen LogP contribution >= 0.6 is 0 Å². The highest BCUT2D eigenvalue weighted by atomic mass is 16.5. The normalized spacial score (nSPS) is 22.1. The van der Waals surface area contributed by atoms with Gasteiger partial charge in [0.15, 0.2) is 0 Å². The first-order valence-corrected chi connectivity index (χ1v) is 13.6. The van der Waals surface area contributed by atoms with Gasteiger partial charge in [-0.2, -0.15) is 0 Å². The summed E-state index contributed by atoms with van der Waals surface area (Å²) < 4.78 is 12.4. The number of nitrogens with one attached hydrogen (secondary N) is 2. The van der Waals surface area contributed by atoms with Crippen molar-refractivity contribution in [3.05, 3.63) is 59.7 Å². The third kappa shape index (κ3) is 8.55. The third-order valence-electron chi connectivity index (χ3n) is 6.95. The third-order valence-corrected chi connectivity index (χ3v) is 6.95. The summed E-state index contributed by atoms with van der Waals surface area (Å²) in [6.45, 7) is 7.45. The van der Waals surface area contributed by atoms with E-state index in [1.165, 1.54) is 0 Å². The molecule has 0 fully saturated rings. The fraction of sp³-hybridized carbons (Fsp3) is 0.533. The molecule has 2 amide bonds. The molecule has 3 rings (SSSR count). The lowest BCUT2D eigenvalue weighted by Gasteiger charge is -2.34. The van der Waals surface area contributed by atoms with E-state index in [0.717, 1.165) is 24.8 Å². The number of carbonyl (C=O) groups excluding carboxylic acids is 2. The lowest BCUT2D eigenvalue weighted by atomic mass is 10.0. The highest BCUT2D eigenvalue weighted by molar-refractivity contribution is 6.00. The zero-order valence-electron chi connectivity index (χ0n) is 23.1. The van der Waals surface area contributed by atoms with Gasteiger partial charge in [-0.05, 0) is 63.9 Å². The fourth-order valence-electron chi connectivity index (χ4n) is 4.68. The number of carbonyl (C=O) groups is 2. The van der Waals surface area contributed by atoms with Crippen molar-refractivity contribution < 1.29 is 24.2 Å². The summed E-state index contributed by atoms with van der Waals surface area (Å²) in [6, 6.07) is 14.3. The minimum Gasteiger partial charge on any atom is -0.490 e. The van der Waals surface area contributed by atoms with Crippen molar-refractivity contribution in [1.82, 2.24) is 10.2 Å². The Morgan fingerprint density at radius 3 is 2.63 bits per heavy atom. The van der Waals surface area contributed by atoms with Crippen LogP contribution in [0.15, 0.2) is 48.5 Å². The second-order valence-corrected chi connectivity index (χ2v) is 10.3. The Morgan fingerprint density at radius 1 is 1.16 bits per heavy atom. The van der Waals surface area contributed by atoms with Gasteiger partial charge in [-0.25, -0.2) is 0 Å². The Hall–Kier alpha value is -2.94. The van der Waals surface area contributed by atoms with Crippen LogP contribution in [0.3, 0.4) is 0 Å². The van der Waals surface area contributed by atoms with Crippen molar-refractivity contribution in [1.29, 1.82) is 0 Å². The van der Waals surface area contributed by atoms with E-state index in [0.29, 0.717) is 36.7 Å². The van der Waals surface area contributed by atoms with E-state index in [2.05, 4.69) is 17.6 Å². The van der Waals surface area contributed by atoms with Crippen LogP contribution < -0.4 is 15.4 Å². The van der Waals surface area contributed by atoms with Crippen molar-refractivity contribution in [2.45, 2.75) is 64.7 Å². The number of likely N-dealkylation sites (N-methyl/N-ethyl adjacent to an activating group) is 1. The molecule has 4 atom stereocenters. The van der Waals surface area contributed by atoms with E-state index >= 15 is 0 Å². The van der Waals surface area contributed by atoms with Gasteiger partial charge in [-0.15, -0.1) is 0 Å². The molecule has 8 nitrogen and oxygen atoms in total. The Labute approximate surface area is 226 Å². The van der Waals surface area contributed by atoms with Crippen molar-refractivity contribution in [3.63, 3.8) is 0 Å². The van der Waals surface area contributed by atoms with Gasteiger partial charge < -0.3 is 30.1 Å². The van der Waals surface area contributed by atoms with Gasteiger partial charge in [-0.3, -0.25) is 9.59 Å². The summed E-state index contributed by atoms with van der Waals surface area (Å²) in [5.74, 6) is 0.0897. The molecule has 38 heavy (non-hydrogen) atoms. The number of nitrogens with zero attached hydrogens (tertiary/aromatic N) is 1. The molecule has 208 valence electrons. The molecule has 1 aliphatic heterocycles. The fourth-order valence-corrected chi connectivity index (χ4v) is 4.68. The topological polar surface area (TPSA) is 100 Å². The molecule has 2 aromatic rings. The maximum Gasteiger partial charge on any atom is 0.258 e. The van der Waals surface area contributed by atoms with E-state index in [1.807, 2.05) is 51.2 Å². The van der Waals surface area contributed by atoms with Crippen LogP contribution in [-0.4, -0.2) is 73.4 Å². The van der Waals surface area contributed by atoms with Gasteiger partial charge in [-0.1, -0.05) is 37.3 Å². The minimum absolute atomic E-state index is 0.0281. The van der Waals surface area contributed by atoms with Gasteiger partial charge in [0.05, 0.1) is 36.8 Å². The average Bonchev–Trinajstić information content (AvgIpc) is 2.90. The highest BCUT2D eigenvalue weighted by Gasteiger charge is 2.29. The monoisotopic (exact) mass is 525 g/mol. The number of amides is 2. The molecule has 0 radical (unpaired) electrons. The number of anilines is 1. The van der Waals surface area contributed by atoms with Crippen LogP contribution in [0.1, 0.15) is 56.0 Å². The summed E-state index contributed by atoms with van der Waals surface area (Å²) in [5.41, 5.74) is 1.80. The average molecular weight is 526 g/mol. The standard InChI is InChI=1S/C30H43N3O5/c1-21-19-33(22(2)20-34)30(36)26-17-25(32-29(35)16-24-11-6-5-7-12-24)13-14-27(26)38-23(3)10-8-9-15-37-28(21)18-31-4/h5-7,11-14,17,21-23,28,31,34H,8-10,15-16,18-20H2,1-4H3,(H,32,35)/t21-,22-,23-,28-/m1/s1. The number of hydrogen-bond donors (Lipinski definition) is 3. The number of aliphatic hydroxyl groups excluding tert-OH is 1. The Morgan fingerprint density at radius 2 is 1.92 bits per heavy atom. The number of aliphatic hydroxyl groups is 1. The molecule has 0 unspecified atom stereocenters. The second-order valence-electron chi connectivity index (χ2n) is 10.3. The van der Waals surface area contributed by atoms with Gasteiger partial charge in [0.2, 0.25) is 5.91 Å². The molecule has 0 spiro atoms. The maximum atomic E-state index is 14.0. The lowest BCUT2D eigenvalue weighted by Crippen LogP contribution is -2.47. The van der Waals surface area contributed by atoms with Gasteiger partial charge >= 0.3 is 0 Å². The molecule has 2 aromatic carbocycles. The minimum atomic E-state index is -0.408. The van der Waals surface area contributed by atoms with E-state index < -0.39 is 6.04 Å². The number of benzene rings is 2. The first-order valence-electron chi connectivity index (χ1n) is 13.6. The van der Waals surface area contributed by atoms with Crippen LogP contribution in [0, 0.1) is 5.92 Å². The number of ether oxygens (including phenoxy) is 2. The van der Waals surface area contributed by atoms with Gasteiger partial charge in [0.25, 0.3) is 5.91 Å². The van der Waals surface area contributed by atoms with Crippen LogP contribution in [0.4, 0.5) is 5.69 Å². The lowest BCUT2D eigenvalue weighted by molar-refractivity contribution is -0.115. The summed E-state index contributed by atoms with van der Waals surface area (Å²) in [4.78, 5) is 28.4. The molecular formula is C30H43N3O5.